The Kier molecular flexibility index (Phi) is 3.71. The van der Waals surface area contributed by atoms with Gasteiger partial charge in [-0.05, 0) is 54.1 Å². The SMILES string of the molecule is Cc1nn(C)cc1NC(C)c1ccc(I)cc1. The fourth-order valence-corrected chi connectivity index (χ4v) is 2.17. The summed E-state index contributed by atoms with van der Waals surface area (Å²) in [6.45, 7) is 4.18. The number of benzene rings is 1. The van der Waals surface area contributed by atoms with E-state index in [2.05, 4.69) is 64.2 Å². The lowest BCUT2D eigenvalue weighted by molar-refractivity contribution is 0.756. The lowest BCUT2D eigenvalue weighted by Crippen LogP contribution is -2.06. The van der Waals surface area contributed by atoms with Crippen molar-refractivity contribution in [1.82, 2.24) is 9.78 Å². The first-order valence-corrected chi connectivity index (χ1v) is 6.66. The summed E-state index contributed by atoms with van der Waals surface area (Å²) in [7, 11) is 1.94. The van der Waals surface area contributed by atoms with Gasteiger partial charge in [0, 0.05) is 22.9 Å². The fraction of sp³-hybridized carbons (Fsp3) is 0.308. The van der Waals surface area contributed by atoms with Gasteiger partial charge in [-0.2, -0.15) is 5.10 Å². The molecule has 0 saturated heterocycles. The van der Waals surface area contributed by atoms with Crippen LogP contribution in [0.3, 0.4) is 0 Å². The summed E-state index contributed by atoms with van der Waals surface area (Å²) in [4.78, 5) is 0. The van der Waals surface area contributed by atoms with E-state index in [-0.39, 0.29) is 6.04 Å². The van der Waals surface area contributed by atoms with E-state index in [4.69, 9.17) is 0 Å². The van der Waals surface area contributed by atoms with E-state index < -0.39 is 0 Å². The molecule has 1 atom stereocenters. The third-order valence-corrected chi connectivity index (χ3v) is 3.47. The van der Waals surface area contributed by atoms with Crippen LogP contribution in [-0.2, 0) is 7.05 Å². The predicted octanol–water partition coefficient (Wildman–Crippen LogP) is 3.51. The molecule has 3 nitrogen and oxygen atoms in total. The van der Waals surface area contributed by atoms with Gasteiger partial charge in [0.15, 0.2) is 0 Å². The van der Waals surface area contributed by atoms with Crippen LogP contribution in [-0.4, -0.2) is 9.78 Å². The number of rotatable bonds is 3. The Morgan fingerprint density at radius 2 is 1.94 bits per heavy atom. The molecule has 1 N–H and O–H groups in total. The Balaban J connectivity index is 2.13. The Labute approximate surface area is 115 Å². The van der Waals surface area contributed by atoms with Crippen molar-refractivity contribution in [1.29, 1.82) is 0 Å². The van der Waals surface area contributed by atoms with Crippen LogP contribution < -0.4 is 5.32 Å². The zero-order valence-electron chi connectivity index (χ0n) is 10.2. The Bertz CT molecular complexity index is 502. The van der Waals surface area contributed by atoms with Crippen LogP contribution in [0.4, 0.5) is 5.69 Å². The van der Waals surface area contributed by atoms with E-state index >= 15 is 0 Å². The minimum absolute atomic E-state index is 0.287. The molecule has 2 rings (SSSR count). The predicted molar refractivity (Wildman–Crippen MR) is 79.1 cm³/mol. The van der Waals surface area contributed by atoms with Crippen molar-refractivity contribution in [3.8, 4) is 0 Å². The lowest BCUT2D eigenvalue weighted by Gasteiger charge is -2.14. The van der Waals surface area contributed by atoms with Gasteiger partial charge in [0.2, 0.25) is 0 Å². The lowest BCUT2D eigenvalue weighted by atomic mass is 10.1. The van der Waals surface area contributed by atoms with Gasteiger partial charge < -0.3 is 5.32 Å². The molecule has 0 spiro atoms. The summed E-state index contributed by atoms with van der Waals surface area (Å²) in [6, 6.07) is 8.86. The standard InChI is InChI=1S/C13H16IN3/c1-9(11-4-6-12(14)7-5-11)15-13-8-17(3)16-10(13)2/h4-9,15H,1-3H3. The number of hydrogen-bond donors (Lipinski definition) is 1. The molecule has 17 heavy (non-hydrogen) atoms. The summed E-state index contributed by atoms with van der Waals surface area (Å²) < 4.78 is 3.09. The number of nitrogens with one attached hydrogen (secondary N) is 1. The van der Waals surface area contributed by atoms with E-state index in [1.807, 2.05) is 24.9 Å². The molecule has 0 amide bonds. The van der Waals surface area contributed by atoms with Gasteiger partial charge in [0.1, 0.15) is 0 Å². The highest BCUT2D eigenvalue weighted by Gasteiger charge is 2.08. The first-order chi connectivity index (χ1) is 8.06. The van der Waals surface area contributed by atoms with E-state index in [0.29, 0.717) is 0 Å². The van der Waals surface area contributed by atoms with Crippen LogP contribution in [0.5, 0.6) is 0 Å². The number of hydrogen-bond acceptors (Lipinski definition) is 2. The average molecular weight is 341 g/mol. The maximum Gasteiger partial charge on any atom is 0.0825 e. The summed E-state index contributed by atoms with van der Waals surface area (Å²) in [5, 5.41) is 7.81. The van der Waals surface area contributed by atoms with Crippen molar-refractivity contribution in [2.45, 2.75) is 19.9 Å². The van der Waals surface area contributed by atoms with Crippen molar-refractivity contribution in [3.05, 3.63) is 45.3 Å². The molecule has 1 unspecified atom stereocenters. The minimum Gasteiger partial charge on any atom is -0.376 e. The van der Waals surface area contributed by atoms with Gasteiger partial charge in [-0.25, -0.2) is 0 Å². The molecule has 0 fully saturated rings. The van der Waals surface area contributed by atoms with E-state index in [1.54, 1.807) is 0 Å². The maximum absolute atomic E-state index is 4.32. The van der Waals surface area contributed by atoms with Crippen molar-refractivity contribution in [2.75, 3.05) is 5.32 Å². The van der Waals surface area contributed by atoms with Gasteiger partial charge in [0.25, 0.3) is 0 Å². The third-order valence-electron chi connectivity index (χ3n) is 2.76. The molecule has 0 saturated carbocycles. The second-order valence-electron chi connectivity index (χ2n) is 4.22. The molecule has 90 valence electrons. The van der Waals surface area contributed by atoms with E-state index in [0.717, 1.165) is 11.4 Å². The number of anilines is 1. The van der Waals surface area contributed by atoms with Crippen LogP contribution in [0.2, 0.25) is 0 Å². The van der Waals surface area contributed by atoms with Crippen molar-refractivity contribution in [3.63, 3.8) is 0 Å². The number of aromatic nitrogens is 2. The summed E-state index contributed by atoms with van der Waals surface area (Å²) >= 11 is 2.32. The quantitative estimate of drug-likeness (QED) is 0.866. The summed E-state index contributed by atoms with van der Waals surface area (Å²) in [6.07, 6.45) is 2.01. The molecule has 1 aromatic heterocycles. The zero-order chi connectivity index (χ0) is 12.4. The number of nitrogens with zero attached hydrogens (tertiary/aromatic N) is 2. The molecule has 0 bridgehead atoms. The molecular weight excluding hydrogens is 325 g/mol. The Hall–Kier alpha value is -1.04. The summed E-state index contributed by atoms with van der Waals surface area (Å²) in [5.41, 5.74) is 3.41. The largest absolute Gasteiger partial charge is 0.376 e. The Morgan fingerprint density at radius 1 is 1.29 bits per heavy atom. The van der Waals surface area contributed by atoms with Crippen LogP contribution >= 0.6 is 22.6 Å². The molecule has 4 heteroatoms. The molecule has 0 aliphatic carbocycles. The number of halogens is 1. The molecular formula is C13H16IN3. The van der Waals surface area contributed by atoms with Crippen LogP contribution in [0, 0.1) is 10.5 Å². The smallest absolute Gasteiger partial charge is 0.0825 e. The van der Waals surface area contributed by atoms with Crippen LogP contribution in [0.15, 0.2) is 30.5 Å². The van der Waals surface area contributed by atoms with Gasteiger partial charge in [0.05, 0.1) is 11.4 Å². The normalized spacial score (nSPS) is 12.5. The molecule has 1 aromatic carbocycles. The second kappa shape index (κ2) is 5.08. The van der Waals surface area contributed by atoms with Crippen molar-refractivity contribution in [2.24, 2.45) is 7.05 Å². The fourth-order valence-electron chi connectivity index (χ4n) is 1.81. The zero-order valence-corrected chi connectivity index (χ0v) is 12.4. The van der Waals surface area contributed by atoms with E-state index in [9.17, 15) is 0 Å². The first kappa shape index (κ1) is 12.4. The van der Waals surface area contributed by atoms with Crippen LogP contribution in [0.25, 0.3) is 0 Å². The first-order valence-electron chi connectivity index (χ1n) is 5.58. The van der Waals surface area contributed by atoms with Crippen molar-refractivity contribution < 1.29 is 0 Å². The second-order valence-corrected chi connectivity index (χ2v) is 5.47. The van der Waals surface area contributed by atoms with Crippen molar-refractivity contribution >= 4 is 28.3 Å². The highest BCUT2D eigenvalue weighted by Crippen LogP contribution is 2.21. The molecule has 0 radical (unpaired) electrons. The molecule has 0 aliphatic heterocycles. The highest BCUT2D eigenvalue weighted by atomic mass is 127. The molecule has 1 heterocycles. The molecule has 0 aliphatic rings. The Morgan fingerprint density at radius 3 is 2.47 bits per heavy atom. The highest BCUT2D eigenvalue weighted by molar-refractivity contribution is 14.1. The summed E-state index contributed by atoms with van der Waals surface area (Å²) in [5.74, 6) is 0. The van der Waals surface area contributed by atoms with Crippen LogP contribution in [0.1, 0.15) is 24.2 Å². The average Bonchev–Trinajstić information content (AvgIpc) is 2.58. The van der Waals surface area contributed by atoms with Gasteiger partial charge in [-0.1, -0.05) is 12.1 Å². The third kappa shape index (κ3) is 3.00. The monoisotopic (exact) mass is 341 g/mol. The van der Waals surface area contributed by atoms with Gasteiger partial charge in [-0.3, -0.25) is 4.68 Å². The van der Waals surface area contributed by atoms with Gasteiger partial charge >= 0.3 is 0 Å². The molecule has 2 aromatic rings. The minimum atomic E-state index is 0.287. The maximum atomic E-state index is 4.32. The number of aryl methyl sites for hydroxylation is 2. The van der Waals surface area contributed by atoms with E-state index in [1.165, 1.54) is 9.13 Å². The topological polar surface area (TPSA) is 29.9 Å². The van der Waals surface area contributed by atoms with Gasteiger partial charge in [-0.15, -0.1) is 0 Å².